The van der Waals surface area contributed by atoms with Crippen LogP contribution in [0.4, 0.5) is 5.69 Å². The van der Waals surface area contributed by atoms with Crippen molar-refractivity contribution in [1.82, 2.24) is 4.57 Å². The molecular formula is C10H9ClN2O. The molecular weight excluding hydrogens is 200 g/mol. The topological polar surface area (TPSA) is 48.0 Å². The van der Waals surface area contributed by atoms with Crippen LogP contribution in [0.25, 0.3) is 10.9 Å². The first-order chi connectivity index (χ1) is 6.59. The van der Waals surface area contributed by atoms with E-state index in [1.54, 1.807) is 31.3 Å². The highest BCUT2D eigenvalue weighted by Crippen LogP contribution is 2.18. The fraction of sp³-hybridized carbons (Fsp3) is 0.100. The van der Waals surface area contributed by atoms with Crippen LogP contribution in [0, 0.1) is 0 Å². The second-order valence-corrected chi connectivity index (χ2v) is 3.60. The van der Waals surface area contributed by atoms with Crippen LogP contribution >= 0.6 is 11.6 Å². The lowest BCUT2D eigenvalue weighted by atomic mass is 10.2. The first-order valence-corrected chi connectivity index (χ1v) is 4.52. The maximum Gasteiger partial charge on any atom is 0.273 e. The zero-order valence-electron chi connectivity index (χ0n) is 7.62. The number of fused-ring (bicyclic) bond motifs is 1. The Morgan fingerprint density at radius 1 is 1.36 bits per heavy atom. The monoisotopic (exact) mass is 208 g/mol. The maximum absolute atomic E-state index is 11.5. The van der Waals surface area contributed by atoms with Gasteiger partial charge in [0, 0.05) is 17.5 Å². The van der Waals surface area contributed by atoms with Crippen LogP contribution < -0.4 is 11.3 Å². The Morgan fingerprint density at radius 3 is 2.79 bits per heavy atom. The molecule has 0 unspecified atom stereocenters. The summed E-state index contributed by atoms with van der Waals surface area (Å²) in [5.74, 6) is 0. The summed E-state index contributed by atoms with van der Waals surface area (Å²) in [6.45, 7) is 0. The van der Waals surface area contributed by atoms with E-state index in [2.05, 4.69) is 0 Å². The zero-order valence-corrected chi connectivity index (χ0v) is 8.38. The Kier molecular flexibility index (Phi) is 1.97. The summed E-state index contributed by atoms with van der Waals surface area (Å²) in [6.07, 6.45) is 0. The van der Waals surface area contributed by atoms with Crippen molar-refractivity contribution in [2.75, 3.05) is 5.73 Å². The molecule has 1 aromatic heterocycles. The lowest BCUT2D eigenvalue weighted by Gasteiger charge is -2.05. The van der Waals surface area contributed by atoms with Crippen molar-refractivity contribution in [2.24, 2.45) is 7.05 Å². The zero-order chi connectivity index (χ0) is 10.3. The summed E-state index contributed by atoms with van der Waals surface area (Å²) in [5, 5.41) is 1.51. The number of nitrogen functional groups attached to an aromatic ring is 1. The molecule has 1 aromatic carbocycles. The fourth-order valence-corrected chi connectivity index (χ4v) is 1.66. The van der Waals surface area contributed by atoms with Crippen LogP contribution in [-0.2, 0) is 7.05 Å². The molecule has 72 valence electrons. The van der Waals surface area contributed by atoms with E-state index in [4.69, 9.17) is 17.3 Å². The molecule has 2 rings (SSSR count). The first kappa shape index (κ1) is 9.09. The van der Waals surface area contributed by atoms with Gasteiger partial charge in [0.1, 0.15) is 0 Å². The molecule has 0 amide bonds. The van der Waals surface area contributed by atoms with Gasteiger partial charge in [0.25, 0.3) is 5.56 Å². The molecule has 2 aromatic rings. The highest BCUT2D eigenvalue weighted by atomic mass is 35.5. The van der Waals surface area contributed by atoms with Gasteiger partial charge >= 0.3 is 0 Å². The van der Waals surface area contributed by atoms with Crippen molar-refractivity contribution < 1.29 is 0 Å². The maximum atomic E-state index is 11.5. The second-order valence-electron chi connectivity index (χ2n) is 3.17. The molecule has 0 saturated carbocycles. The van der Waals surface area contributed by atoms with Crippen molar-refractivity contribution in [3.8, 4) is 0 Å². The van der Waals surface area contributed by atoms with E-state index in [0.29, 0.717) is 5.02 Å². The Labute approximate surface area is 85.7 Å². The quantitative estimate of drug-likeness (QED) is 0.718. The number of aromatic nitrogens is 1. The van der Waals surface area contributed by atoms with Gasteiger partial charge in [-0.05, 0) is 24.3 Å². The number of hydrogen-bond acceptors (Lipinski definition) is 2. The number of halogens is 1. The van der Waals surface area contributed by atoms with Gasteiger partial charge in [0.05, 0.1) is 11.2 Å². The minimum atomic E-state index is -0.181. The number of nitrogens with two attached hydrogens (primary N) is 1. The van der Waals surface area contributed by atoms with Gasteiger partial charge in [-0.1, -0.05) is 11.6 Å². The van der Waals surface area contributed by atoms with Crippen LogP contribution in [0.3, 0.4) is 0 Å². The van der Waals surface area contributed by atoms with Crippen molar-refractivity contribution >= 4 is 28.2 Å². The summed E-state index contributed by atoms with van der Waals surface area (Å²) >= 11 is 5.83. The Morgan fingerprint density at radius 2 is 2.07 bits per heavy atom. The van der Waals surface area contributed by atoms with Gasteiger partial charge in [-0.3, -0.25) is 4.79 Å². The fourth-order valence-electron chi connectivity index (χ4n) is 1.48. The number of rotatable bonds is 0. The van der Waals surface area contributed by atoms with Crippen molar-refractivity contribution in [3.63, 3.8) is 0 Å². The molecule has 0 bridgehead atoms. The summed E-state index contributed by atoms with van der Waals surface area (Å²) in [5.41, 5.74) is 6.45. The highest BCUT2D eigenvalue weighted by molar-refractivity contribution is 6.31. The third-order valence-corrected chi connectivity index (χ3v) is 2.45. The first-order valence-electron chi connectivity index (χ1n) is 4.14. The number of aryl methyl sites for hydroxylation is 1. The molecule has 2 N–H and O–H groups in total. The van der Waals surface area contributed by atoms with Crippen LogP contribution in [0.2, 0.25) is 5.02 Å². The molecule has 0 spiro atoms. The summed E-state index contributed by atoms with van der Waals surface area (Å²) < 4.78 is 1.51. The average Bonchev–Trinajstić information content (AvgIpc) is 2.14. The van der Waals surface area contributed by atoms with Gasteiger partial charge in [-0.15, -0.1) is 0 Å². The molecule has 0 saturated heterocycles. The standard InChI is InChI=1S/C10H9ClN2O/c1-13-9-3-2-7(11)4-6(9)5-8(12)10(13)14/h2-5H,12H2,1H3. The molecule has 0 aliphatic heterocycles. The van der Waals surface area contributed by atoms with E-state index in [1.165, 1.54) is 4.57 Å². The SMILES string of the molecule is Cn1c(=O)c(N)cc2cc(Cl)ccc21. The van der Waals surface area contributed by atoms with E-state index in [-0.39, 0.29) is 11.2 Å². The predicted molar refractivity (Wildman–Crippen MR) is 58.6 cm³/mol. The number of benzene rings is 1. The molecule has 1 heterocycles. The number of pyridine rings is 1. The molecule has 14 heavy (non-hydrogen) atoms. The normalized spacial score (nSPS) is 10.7. The molecule has 0 atom stereocenters. The lowest BCUT2D eigenvalue weighted by Crippen LogP contribution is -2.20. The van der Waals surface area contributed by atoms with Gasteiger partial charge < -0.3 is 10.3 Å². The van der Waals surface area contributed by atoms with E-state index in [0.717, 1.165) is 10.9 Å². The highest BCUT2D eigenvalue weighted by Gasteiger charge is 2.03. The predicted octanol–water partition coefficient (Wildman–Crippen LogP) is 1.77. The summed E-state index contributed by atoms with van der Waals surface area (Å²) in [7, 11) is 1.69. The average molecular weight is 209 g/mol. The van der Waals surface area contributed by atoms with E-state index in [1.807, 2.05) is 0 Å². The number of anilines is 1. The largest absolute Gasteiger partial charge is 0.394 e. The van der Waals surface area contributed by atoms with Crippen LogP contribution in [0.1, 0.15) is 0 Å². The number of nitrogens with zero attached hydrogens (tertiary/aromatic N) is 1. The molecule has 0 radical (unpaired) electrons. The van der Waals surface area contributed by atoms with Gasteiger partial charge in [0.2, 0.25) is 0 Å². The Balaban J connectivity index is 2.98. The summed E-state index contributed by atoms with van der Waals surface area (Å²) in [6, 6.07) is 6.98. The van der Waals surface area contributed by atoms with E-state index >= 15 is 0 Å². The van der Waals surface area contributed by atoms with Crippen molar-refractivity contribution in [3.05, 3.63) is 39.6 Å². The molecule has 3 nitrogen and oxygen atoms in total. The second kappa shape index (κ2) is 3.03. The minimum Gasteiger partial charge on any atom is -0.394 e. The minimum absolute atomic E-state index is 0.181. The molecule has 0 fully saturated rings. The van der Waals surface area contributed by atoms with E-state index < -0.39 is 0 Å². The molecule has 0 aliphatic carbocycles. The van der Waals surface area contributed by atoms with Gasteiger partial charge in [-0.2, -0.15) is 0 Å². The van der Waals surface area contributed by atoms with E-state index in [9.17, 15) is 4.79 Å². The third-order valence-electron chi connectivity index (χ3n) is 2.21. The smallest absolute Gasteiger partial charge is 0.273 e. The summed E-state index contributed by atoms with van der Waals surface area (Å²) in [4.78, 5) is 11.5. The molecule has 0 aliphatic rings. The van der Waals surface area contributed by atoms with Crippen LogP contribution in [0.15, 0.2) is 29.1 Å². The van der Waals surface area contributed by atoms with Crippen molar-refractivity contribution in [2.45, 2.75) is 0 Å². The number of hydrogen-bond donors (Lipinski definition) is 1. The van der Waals surface area contributed by atoms with Crippen LogP contribution in [0.5, 0.6) is 0 Å². The van der Waals surface area contributed by atoms with Gasteiger partial charge in [-0.25, -0.2) is 0 Å². The Hall–Kier alpha value is -1.48. The molecule has 4 heteroatoms. The van der Waals surface area contributed by atoms with Crippen molar-refractivity contribution in [1.29, 1.82) is 0 Å². The Bertz CT molecular complexity index is 560. The van der Waals surface area contributed by atoms with Gasteiger partial charge in [0.15, 0.2) is 0 Å². The lowest BCUT2D eigenvalue weighted by molar-refractivity contribution is 0.910. The van der Waals surface area contributed by atoms with Crippen LogP contribution in [-0.4, -0.2) is 4.57 Å². The third kappa shape index (κ3) is 1.26.